The SMILES string of the molecule is COc1ccc(Cc2nc(-c3ccccc3)c3ccccc3n2)cc1F. The highest BCUT2D eigenvalue weighted by molar-refractivity contribution is 5.92. The number of nitrogens with zero attached hydrogens (tertiary/aromatic N) is 2. The Labute approximate surface area is 151 Å². The van der Waals surface area contributed by atoms with Crippen LogP contribution in [0.25, 0.3) is 22.2 Å². The fourth-order valence-electron chi connectivity index (χ4n) is 3.02. The van der Waals surface area contributed by atoms with Gasteiger partial charge in [-0.3, -0.25) is 0 Å². The van der Waals surface area contributed by atoms with Crippen molar-refractivity contribution in [2.45, 2.75) is 6.42 Å². The van der Waals surface area contributed by atoms with Gasteiger partial charge in [-0.2, -0.15) is 0 Å². The standard InChI is InChI=1S/C22H17FN2O/c1-26-20-12-11-15(13-18(20)23)14-21-24-19-10-6-5-9-17(19)22(25-21)16-7-3-2-4-8-16/h2-13H,14H2,1H3. The van der Waals surface area contributed by atoms with Gasteiger partial charge in [-0.15, -0.1) is 0 Å². The molecule has 0 radical (unpaired) electrons. The first kappa shape index (κ1) is 16.2. The van der Waals surface area contributed by atoms with Crippen LogP contribution >= 0.6 is 0 Å². The van der Waals surface area contributed by atoms with Crippen molar-refractivity contribution in [2.75, 3.05) is 7.11 Å². The number of aromatic nitrogens is 2. The lowest BCUT2D eigenvalue weighted by atomic mass is 10.1. The molecule has 0 spiro atoms. The molecule has 26 heavy (non-hydrogen) atoms. The predicted octanol–water partition coefficient (Wildman–Crippen LogP) is 5.04. The fraction of sp³-hybridized carbons (Fsp3) is 0.0909. The summed E-state index contributed by atoms with van der Waals surface area (Å²) in [6.45, 7) is 0. The molecule has 128 valence electrons. The first-order valence-electron chi connectivity index (χ1n) is 8.38. The van der Waals surface area contributed by atoms with Gasteiger partial charge in [0, 0.05) is 17.4 Å². The molecule has 0 aliphatic rings. The van der Waals surface area contributed by atoms with E-state index in [1.807, 2.05) is 60.7 Å². The summed E-state index contributed by atoms with van der Waals surface area (Å²) in [4.78, 5) is 9.44. The Hall–Kier alpha value is -3.27. The second kappa shape index (κ2) is 6.92. The molecular formula is C22H17FN2O. The average Bonchev–Trinajstić information content (AvgIpc) is 2.68. The normalized spacial score (nSPS) is 10.8. The number of benzene rings is 3. The molecule has 0 saturated heterocycles. The number of halogens is 1. The van der Waals surface area contributed by atoms with Crippen LogP contribution in [0.4, 0.5) is 4.39 Å². The van der Waals surface area contributed by atoms with Gasteiger partial charge in [-0.25, -0.2) is 14.4 Å². The summed E-state index contributed by atoms with van der Waals surface area (Å²) in [5.74, 6) is 0.513. The highest BCUT2D eigenvalue weighted by atomic mass is 19.1. The van der Waals surface area contributed by atoms with E-state index in [0.717, 1.165) is 27.7 Å². The van der Waals surface area contributed by atoms with Crippen molar-refractivity contribution >= 4 is 10.9 Å². The topological polar surface area (TPSA) is 35.0 Å². The molecule has 0 atom stereocenters. The van der Waals surface area contributed by atoms with Crippen LogP contribution in [0.2, 0.25) is 0 Å². The Morgan fingerprint density at radius 2 is 1.65 bits per heavy atom. The zero-order chi connectivity index (χ0) is 17.9. The molecule has 0 fully saturated rings. The minimum Gasteiger partial charge on any atom is -0.494 e. The Bertz CT molecular complexity index is 1060. The minimum absolute atomic E-state index is 0.234. The third kappa shape index (κ3) is 3.14. The van der Waals surface area contributed by atoms with Crippen LogP contribution in [0, 0.1) is 5.82 Å². The van der Waals surface area contributed by atoms with Crippen LogP contribution in [0.15, 0.2) is 72.8 Å². The van der Waals surface area contributed by atoms with Crippen LogP contribution < -0.4 is 4.74 Å². The molecule has 4 rings (SSSR count). The van der Waals surface area contributed by atoms with Crippen molar-refractivity contribution in [1.29, 1.82) is 0 Å². The number of fused-ring (bicyclic) bond motifs is 1. The smallest absolute Gasteiger partial charge is 0.165 e. The fourth-order valence-corrected chi connectivity index (χ4v) is 3.02. The predicted molar refractivity (Wildman–Crippen MR) is 101 cm³/mol. The van der Waals surface area contributed by atoms with Crippen molar-refractivity contribution < 1.29 is 9.13 Å². The lowest BCUT2D eigenvalue weighted by Gasteiger charge is -2.10. The zero-order valence-electron chi connectivity index (χ0n) is 14.3. The molecule has 4 aromatic rings. The molecule has 4 heteroatoms. The molecule has 0 aliphatic carbocycles. The minimum atomic E-state index is -0.380. The van der Waals surface area contributed by atoms with Gasteiger partial charge in [-0.05, 0) is 23.8 Å². The Kier molecular flexibility index (Phi) is 4.32. The summed E-state index contributed by atoms with van der Waals surface area (Å²) >= 11 is 0. The highest BCUT2D eigenvalue weighted by Crippen LogP contribution is 2.27. The summed E-state index contributed by atoms with van der Waals surface area (Å²) in [5, 5.41) is 1.00. The van der Waals surface area contributed by atoms with E-state index in [4.69, 9.17) is 9.72 Å². The molecule has 0 bridgehead atoms. The summed E-state index contributed by atoms with van der Waals surface area (Å²) in [6.07, 6.45) is 0.450. The maximum atomic E-state index is 14.0. The third-order valence-electron chi connectivity index (χ3n) is 4.28. The maximum Gasteiger partial charge on any atom is 0.165 e. The number of methoxy groups -OCH3 is 1. The lowest BCUT2D eigenvalue weighted by Crippen LogP contribution is -2.01. The molecule has 0 N–H and O–H groups in total. The van der Waals surface area contributed by atoms with Crippen molar-refractivity contribution in [3.05, 3.63) is 90.0 Å². The molecular weight excluding hydrogens is 327 g/mol. The molecule has 3 nitrogen and oxygen atoms in total. The summed E-state index contributed by atoms with van der Waals surface area (Å²) in [7, 11) is 1.46. The van der Waals surface area contributed by atoms with Crippen molar-refractivity contribution in [3.63, 3.8) is 0 Å². The third-order valence-corrected chi connectivity index (χ3v) is 4.28. The number of hydrogen-bond acceptors (Lipinski definition) is 3. The van der Waals surface area contributed by atoms with Crippen LogP contribution in [-0.2, 0) is 6.42 Å². The van der Waals surface area contributed by atoms with Gasteiger partial charge in [0.05, 0.1) is 18.3 Å². The molecule has 3 aromatic carbocycles. The van der Waals surface area contributed by atoms with Gasteiger partial charge < -0.3 is 4.74 Å². The zero-order valence-corrected chi connectivity index (χ0v) is 14.3. The number of rotatable bonds is 4. The molecule has 0 amide bonds. The second-order valence-electron chi connectivity index (χ2n) is 6.02. The van der Waals surface area contributed by atoms with Crippen LogP contribution in [0.3, 0.4) is 0 Å². The molecule has 0 aliphatic heterocycles. The lowest BCUT2D eigenvalue weighted by molar-refractivity contribution is 0.386. The van der Waals surface area contributed by atoms with Crippen LogP contribution in [-0.4, -0.2) is 17.1 Å². The van der Waals surface area contributed by atoms with E-state index >= 15 is 0 Å². The summed E-state index contributed by atoms with van der Waals surface area (Å²) < 4.78 is 19.0. The van der Waals surface area contributed by atoms with Crippen LogP contribution in [0.5, 0.6) is 5.75 Å². The first-order chi connectivity index (χ1) is 12.7. The van der Waals surface area contributed by atoms with E-state index in [9.17, 15) is 4.39 Å². The second-order valence-corrected chi connectivity index (χ2v) is 6.02. The van der Waals surface area contributed by atoms with Gasteiger partial charge in [0.2, 0.25) is 0 Å². The van der Waals surface area contributed by atoms with Crippen molar-refractivity contribution in [1.82, 2.24) is 9.97 Å². The molecule has 1 aromatic heterocycles. The van der Waals surface area contributed by atoms with E-state index in [0.29, 0.717) is 12.2 Å². The molecule has 1 heterocycles. The van der Waals surface area contributed by atoms with Gasteiger partial charge >= 0.3 is 0 Å². The van der Waals surface area contributed by atoms with Crippen molar-refractivity contribution in [2.24, 2.45) is 0 Å². The van der Waals surface area contributed by atoms with Crippen molar-refractivity contribution in [3.8, 4) is 17.0 Å². The molecule has 0 saturated carbocycles. The Balaban J connectivity index is 1.80. The van der Waals surface area contributed by atoms with E-state index in [-0.39, 0.29) is 11.6 Å². The van der Waals surface area contributed by atoms with Gasteiger partial charge in [0.1, 0.15) is 5.82 Å². The van der Waals surface area contributed by atoms with Gasteiger partial charge in [0.15, 0.2) is 11.6 Å². The van der Waals surface area contributed by atoms with E-state index < -0.39 is 0 Å². The maximum absolute atomic E-state index is 14.0. The Morgan fingerprint density at radius 3 is 2.42 bits per heavy atom. The average molecular weight is 344 g/mol. The number of ether oxygens (including phenoxy) is 1. The van der Waals surface area contributed by atoms with Gasteiger partial charge in [0.25, 0.3) is 0 Å². The largest absolute Gasteiger partial charge is 0.494 e. The summed E-state index contributed by atoms with van der Waals surface area (Å²) in [5.41, 5.74) is 3.61. The highest BCUT2D eigenvalue weighted by Gasteiger charge is 2.11. The first-order valence-corrected chi connectivity index (χ1v) is 8.38. The quantitative estimate of drug-likeness (QED) is 0.520. The van der Waals surface area contributed by atoms with Gasteiger partial charge in [-0.1, -0.05) is 54.6 Å². The molecule has 0 unspecified atom stereocenters. The van der Waals surface area contributed by atoms with E-state index in [1.165, 1.54) is 13.2 Å². The summed E-state index contributed by atoms with van der Waals surface area (Å²) in [6, 6.07) is 22.9. The van der Waals surface area contributed by atoms with E-state index in [2.05, 4.69) is 4.98 Å². The Morgan fingerprint density at radius 1 is 0.885 bits per heavy atom. The monoisotopic (exact) mass is 344 g/mol. The number of hydrogen-bond donors (Lipinski definition) is 0. The van der Waals surface area contributed by atoms with E-state index in [1.54, 1.807) is 6.07 Å². The number of para-hydroxylation sites is 1. The van der Waals surface area contributed by atoms with Crippen LogP contribution in [0.1, 0.15) is 11.4 Å².